The second-order valence-electron chi connectivity index (χ2n) is 5.54. The topological polar surface area (TPSA) is 58.6 Å². The highest BCUT2D eigenvalue weighted by molar-refractivity contribution is 7.90. The number of nitrogens with one attached hydrogen (secondary N) is 1. The molecule has 0 bridgehead atoms. The van der Waals surface area contributed by atoms with Gasteiger partial charge in [0.25, 0.3) is 0 Å². The summed E-state index contributed by atoms with van der Waals surface area (Å²) in [5.41, 5.74) is 0. The summed E-state index contributed by atoms with van der Waals surface area (Å²) in [5.74, 6) is 0.468. The normalized spacial score (nSPS) is 27.6. The number of methoxy groups -OCH3 is 1. The van der Waals surface area contributed by atoms with Crippen molar-refractivity contribution in [2.45, 2.75) is 37.5 Å². The van der Waals surface area contributed by atoms with E-state index in [1.54, 1.807) is 6.92 Å². The minimum atomic E-state index is -3.23. The molecule has 0 aromatic rings. The quantitative estimate of drug-likeness (QED) is 0.732. The highest BCUT2D eigenvalue weighted by atomic mass is 32.2. The van der Waals surface area contributed by atoms with Crippen molar-refractivity contribution in [3.63, 3.8) is 0 Å². The monoisotopic (exact) mass is 276 g/mol. The molecular formula is C12H24N2O3S. The van der Waals surface area contributed by atoms with Crippen LogP contribution in [0.2, 0.25) is 0 Å². The number of rotatable bonds is 7. The molecule has 1 aliphatic carbocycles. The van der Waals surface area contributed by atoms with Crippen LogP contribution in [0.4, 0.5) is 0 Å². The number of nitrogens with zero attached hydrogens (tertiary/aromatic N) is 1. The molecule has 0 amide bonds. The summed E-state index contributed by atoms with van der Waals surface area (Å²) in [4.78, 5) is 2.50. The van der Waals surface area contributed by atoms with E-state index in [1.807, 2.05) is 0 Å². The van der Waals surface area contributed by atoms with Crippen molar-refractivity contribution < 1.29 is 13.2 Å². The van der Waals surface area contributed by atoms with Crippen LogP contribution in [0.15, 0.2) is 0 Å². The van der Waals surface area contributed by atoms with Gasteiger partial charge in [-0.15, -0.1) is 0 Å². The van der Waals surface area contributed by atoms with Gasteiger partial charge in [-0.05, 0) is 38.6 Å². The molecular weight excluding hydrogens is 252 g/mol. The van der Waals surface area contributed by atoms with E-state index >= 15 is 0 Å². The summed E-state index contributed by atoms with van der Waals surface area (Å²) >= 11 is 0. The molecule has 6 heteroatoms. The first-order valence-corrected chi connectivity index (χ1v) is 8.29. The zero-order valence-corrected chi connectivity index (χ0v) is 12.1. The molecule has 18 heavy (non-hydrogen) atoms. The fourth-order valence-corrected chi connectivity index (χ4v) is 3.57. The zero-order chi connectivity index (χ0) is 13.2. The van der Waals surface area contributed by atoms with E-state index in [2.05, 4.69) is 9.62 Å². The lowest BCUT2D eigenvalue weighted by Crippen LogP contribution is -2.38. The Morgan fingerprint density at radius 2 is 2.11 bits per heavy atom. The summed E-state index contributed by atoms with van der Waals surface area (Å²) in [6, 6.07) is 0.791. The van der Waals surface area contributed by atoms with Gasteiger partial charge < -0.3 is 9.64 Å². The van der Waals surface area contributed by atoms with Crippen molar-refractivity contribution in [2.75, 3.05) is 33.4 Å². The maximum Gasteiger partial charge on any atom is 0.216 e. The Bertz CT molecular complexity index is 368. The lowest BCUT2D eigenvalue weighted by molar-refractivity contribution is 0.200. The second-order valence-corrected chi connectivity index (χ2v) is 7.72. The highest BCUT2D eigenvalue weighted by Crippen LogP contribution is 2.31. The summed E-state index contributed by atoms with van der Waals surface area (Å²) in [6.07, 6.45) is 3.75. The number of ether oxygens (including phenoxy) is 1. The molecule has 0 aromatic heterocycles. The first-order chi connectivity index (χ1) is 8.53. The second kappa shape index (κ2) is 5.86. The van der Waals surface area contributed by atoms with E-state index in [9.17, 15) is 8.42 Å². The van der Waals surface area contributed by atoms with Crippen LogP contribution in [0.25, 0.3) is 0 Å². The molecule has 0 radical (unpaired) electrons. The first kappa shape index (κ1) is 14.2. The van der Waals surface area contributed by atoms with Crippen molar-refractivity contribution in [1.82, 2.24) is 9.62 Å². The molecule has 2 fully saturated rings. The number of hydrogen-bond acceptors (Lipinski definition) is 4. The Morgan fingerprint density at radius 3 is 2.72 bits per heavy atom. The van der Waals surface area contributed by atoms with Gasteiger partial charge in [0.15, 0.2) is 0 Å². The maximum atomic E-state index is 11.9. The molecule has 1 saturated carbocycles. The van der Waals surface area contributed by atoms with Gasteiger partial charge in [-0.1, -0.05) is 0 Å². The van der Waals surface area contributed by atoms with E-state index in [0.29, 0.717) is 12.5 Å². The summed E-state index contributed by atoms with van der Waals surface area (Å²) < 4.78 is 31.4. The lowest BCUT2D eigenvalue weighted by Gasteiger charge is -2.17. The van der Waals surface area contributed by atoms with E-state index < -0.39 is 15.3 Å². The summed E-state index contributed by atoms with van der Waals surface area (Å²) in [5, 5.41) is -0.483. The van der Waals surface area contributed by atoms with Gasteiger partial charge in [-0.2, -0.15) is 0 Å². The molecule has 1 saturated heterocycles. The van der Waals surface area contributed by atoms with Gasteiger partial charge in [0, 0.05) is 26.2 Å². The van der Waals surface area contributed by atoms with Crippen molar-refractivity contribution in [1.29, 1.82) is 0 Å². The fourth-order valence-electron chi connectivity index (χ4n) is 2.50. The van der Waals surface area contributed by atoms with Crippen LogP contribution < -0.4 is 4.72 Å². The predicted octanol–water partition coefficient (Wildman–Crippen LogP) is 0.425. The summed E-state index contributed by atoms with van der Waals surface area (Å²) in [7, 11) is -1.70. The molecule has 0 unspecified atom stereocenters. The third-order valence-corrected chi connectivity index (χ3v) is 5.65. The van der Waals surface area contributed by atoms with Gasteiger partial charge in [0.2, 0.25) is 10.0 Å². The smallest absolute Gasteiger partial charge is 0.216 e. The first-order valence-electron chi connectivity index (χ1n) is 6.74. The van der Waals surface area contributed by atoms with Crippen LogP contribution in [0, 0.1) is 5.92 Å². The van der Waals surface area contributed by atoms with Crippen molar-refractivity contribution in [3.05, 3.63) is 0 Å². The Balaban J connectivity index is 1.74. The van der Waals surface area contributed by atoms with E-state index in [1.165, 1.54) is 20.0 Å². The number of likely N-dealkylation sites (tertiary alicyclic amines) is 1. The molecule has 0 aromatic carbocycles. The van der Waals surface area contributed by atoms with Crippen LogP contribution in [0.3, 0.4) is 0 Å². The highest BCUT2D eigenvalue weighted by Gasteiger charge is 2.34. The molecule has 2 aliphatic rings. The predicted molar refractivity (Wildman–Crippen MR) is 71.0 cm³/mol. The van der Waals surface area contributed by atoms with Crippen LogP contribution in [-0.2, 0) is 14.8 Å². The number of sulfonamides is 1. The average Bonchev–Trinajstić information content (AvgIpc) is 3.07. The van der Waals surface area contributed by atoms with Crippen LogP contribution in [0.1, 0.15) is 26.2 Å². The van der Waals surface area contributed by atoms with Crippen LogP contribution >= 0.6 is 0 Å². The Morgan fingerprint density at radius 1 is 1.39 bits per heavy atom. The lowest BCUT2D eigenvalue weighted by atomic mass is 10.1. The minimum absolute atomic E-state index is 0.244. The molecule has 5 nitrogen and oxygen atoms in total. The van der Waals surface area contributed by atoms with Gasteiger partial charge in [-0.25, -0.2) is 13.1 Å². The standard InChI is InChI=1S/C12H24N2O3S/c1-10(9-17-2)18(15,16)13-7-11-5-6-14(8-11)12-3-4-12/h10-13H,3-9H2,1-2H3/t10-,11+/m1/s1. The number of hydrogen-bond donors (Lipinski definition) is 1. The van der Waals surface area contributed by atoms with Crippen molar-refractivity contribution in [2.24, 2.45) is 5.92 Å². The van der Waals surface area contributed by atoms with E-state index in [0.717, 1.165) is 25.6 Å². The fraction of sp³-hybridized carbons (Fsp3) is 1.00. The van der Waals surface area contributed by atoms with E-state index in [4.69, 9.17) is 4.74 Å². The summed E-state index contributed by atoms with van der Waals surface area (Å²) in [6.45, 7) is 4.67. The molecule has 1 aliphatic heterocycles. The zero-order valence-electron chi connectivity index (χ0n) is 11.3. The molecule has 2 atom stereocenters. The maximum absolute atomic E-state index is 11.9. The van der Waals surface area contributed by atoms with Gasteiger partial charge in [0.1, 0.15) is 0 Å². The third kappa shape index (κ3) is 3.66. The van der Waals surface area contributed by atoms with Gasteiger partial charge in [-0.3, -0.25) is 0 Å². The minimum Gasteiger partial charge on any atom is -0.383 e. The molecule has 1 N–H and O–H groups in total. The molecule has 106 valence electrons. The average molecular weight is 276 g/mol. The Hall–Kier alpha value is -0.170. The van der Waals surface area contributed by atoms with Crippen LogP contribution in [0.5, 0.6) is 0 Å². The largest absolute Gasteiger partial charge is 0.383 e. The third-order valence-electron chi connectivity index (χ3n) is 3.88. The molecule has 1 heterocycles. The molecule has 0 spiro atoms. The van der Waals surface area contributed by atoms with Gasteiger partial charge >= 0.3 is 0 Å². The van der Waals surface area contributed by atoms with E-state index in [-0.39, 0.29) is 6.61 Å². The Labute approximate surface area is 110 Å². The van der Waals surface area contributed by atoms with Crippen molar-refractivity contribution >= 4 is 10.0 Å². The Kier molecular flexibility index (Phi) is 4.64. The van der Waals surface area contributed by atoms with Gasteiger partial charge in [0.05, 0.1) is 11.9 Å². The SMILES string of the molecule is COC[C@@H](C)S(=O)(=O)NC[C@@H]1CCN(C2CC2)C1. The van der Waals surface area contributed by atoms with Crippen molar-refractivity contribution in [3.8, 4) is 0 Å². The molecule has 2 rings (SSSR count). The van der Waals surface area contributed by atoms with Crippen LogP contribution in [-0.4, -0.2) is 58.0 Å².